The van der Waals surface area contributed by atoms with Gasteiger partial charge in [0.15, 0.2) is 0 Å². The highest BCUT2D eigenvalue weighted by Crippen LogP contribution is 2.26. The zero-order valence-corrected chi connectivity index (χ0v) is 10.2. The smallest absolute Gasteiger partial charge is 0.144 e. The quantitative estimate of drug-likeness (QED) is 0.586. The molecular formula is C13H15N3O. The van der Waals surface area contributed by atoms with E-state index in [1.807, 2.05) is 48.9 Å². The van der Waals surface area contributed by atoms with E-state index >= 15 is 0 Å². The summed E-state index contributed by atoms with van der Waals surface area (Å²) >= 11 is 0. The first-order chi connectivity index (χ1) is 8.22. The fourth-order valence-corrected chi connectivity index (χ4v) is 1.67. The topological polar surface area (TPSA) is 39.4 Å². The SMILES string of the molecule is COc1ccccc1N=C(C)n1ccnc1C. The van der Waals surface area contributed by atoms with Crippen molar-refractivity contribution in [1.82, 2.24) is 9.55 Å². The van der Waals surface area contributed by atoms with E-state index in [1.54, 1.807) is 13.3 Å². The van der Waals surface area contributed by atoms with Gasteiger partial charge in [-0.1, -0.05) is 12.1 Å². The van der Waals surface area contributed by atoms with E-state index in [0.29, 0.717) is 0 Å². The van der Waals surface area contributed by atoms with E-state index in [2.05, 4.69) is 9.98 Å². The van der Waals surface area contributed by atoms with Gasteiger partial charge in [-0.05, 0) is 26.0 Å². The molecule has 0 spiro atoms. The molecule has 4 heteroatoms. The van der Waals surface area contributed by atoms with Crippen LogP contribution in [-0.2, 0) is 0 Å². The van der Waals surface area contributed by atoms with Crippen molar-refractivity contribution < 1.29 is 4.74 Å². The van der Waals surface area contributed by atoms with Crippen LogP contribution in [0.15, 0.2) is 41.7 Å². The van der Waals surface area contributed by atoms with Crippen molar-refractivity contribution >= 4 is 11.5 Å². The predicted molar refractivity (Wildman–Crippen MR) is 68.1 cm³/mol. The van der Waals surface area contributed by atoms with Crippen LogP contribution >= 0.6 is 0 Å². The number of benzene rings is 1. The predicted octanol–water partition coefficient (Wildman–Crippen LogP) is 2.80. The van der Waals surface area contributed by atoms with E-state index in [1.165, 1.54) is 0 Å². The lowest BCUT2D eigenvalue weighted by Gasteiger charge is -2.07. The van der Waals surface area contributed by atoms with Crippen LogP contribution in [0.3, 0.4) is 0 Å². The highest BCUT2D eigenvalue weighted by Gasteiger charge is 2.03. The molecule has 2 rings (SSSR count). The average molecular weight is 229 g/mol. The monoisotopic (exact) mass is 229 g/mol. The Labute approximate surface area is 101 Å². The minimum Gasteiger partial charge on any atom is -0.494 e. The number of aryl methyl sites for hydroxylation is 1. The van der Waals surface area contributed by atoms with Gasteiger partial charge < -0.3 is 4.74 Å². The normalized spacial score (nSPS) is 11.6. The number of ether oxygens (including phenoxy) is 1. The molecule has 1 heterocycles. The average Bonchev–Trinajstić information content (AvgIpc) is 2.76. The third-order valence-corrected chi connectivity index (χ3v) is 2.54. The van der Waals surface area contributed by atoms with Crippen molar-refractivity contribution in [2.75, 3.05) is 7.11 Å². The van der Waals surface area contributed by atoms with Crippen molar-refractivity contribution in [2.24, 2.45) is 4.99 Å². The maximum Gasteiger partial charge on any atom is 0.144 e. The number of para-hydroxylation sites is 2. The Hall–Kier alpha value is -2.10. The first kappa shape index (κ1) is 11.4. The van der Waals surface area contributed by atoms with Crippen LogP contribution in [0.5, 0.6) is 5.75 Å². The maximum atomic E-state index is 5.26. The van der Waals surface area contributed by atoms with Crippen molar-refractivity contribution in [1.29, 1.82) is 0 Å². The molecule has 17 heavy (non-hydrogen) atoms. The Morgan fingerprint density at radius 1 is 1.35 bits per heavy atom. The van der Waals surface area contributed by atoms with Gasteiger partial charge >= 0.3 is 0 Å². The number of aliphatic imine (C=N–C) groups is 1. The molecular weight excluding hydrogens is 214 g/mol. The largest absolute Gasteiger partial charge is 0.494 e. The molecule has 1 aromatic heterocycles. The molecule has 0 saturated heterocycles. The van der Waals surface area contributed by atoms with E-state index in [4.69, 9.17) is 4.74 Å². The third-order valence-electron chi connectivity index (χ3n) is 2.54. The molecule has 0 radical (unpaired) electrons. The lowest BCUT2D eigenvalue weighted by molar-refractivity contribution is 0.416. The summed E-state index contributed by atoms with van der Waals surface area (Å²) in [5.41, 5.74) is 0.820. The third kappa shape index (κ3) is 2.36. The van der Waals surface area contributed by atoms with Crippen molar-refractivity contribution in [3.05, 3.63) is 42.5 Å². The summed E-state index contributed by atoms with van der Waals surface area (Å²) in [6.45, 7) is 3.89. The molecule has 0 amide bonds. The second-order valence-electron chi connectivity index (χ2n) is 3.68. The summed E-state index contributed by atoms with van der Waals surface area (Å²) in [4.78, 5) is 8.72. The molecule has 0 aliphatic rings. The molecule has 0 bridgehead atoms. The molecule has 2 aromatic rings. The number of hydrogen-bond acceptors (Lipinski definition) is 3. The number of nitrogens with zero attached hydrogens (tertiary/aromatic N) is 3. The number of imidazole rings is 1. The molecule has 0 atom stereocenters. The fraction of sp³-hybridized carbons (Fsp3) is 0.231. The molecule has 1 aromatic carbocycles. The van der Waals surface area contributed by atoms with Crippen molar-refractivity contribution in [2.45, 2.75) is 13.8 Å². The van der Waals surface area contributed by atoms with Crippen molar-refractivity contribution in [3.8, 4) is 5.75 Å². The lowest BCUT2D eigenvalue weighted by atomic mass is 10.3. The van der Waals surface area contributed by atoms with Crippen LogP contribution in [0, 0.1) is 6.92 Å². The Bertz CT molecular complexity index is 543. The van der Waals surface area contributed by atoms with Crippen LogP contribution in [0.2, 0.25) is 0 Å². The van der Waals surface area contributed by atoms with E-state index in [9.17, 15) is 0 Å². The Morgan fingerprint density at radius 3 is 2.76 bits per heavy atom. The van der Waals surface area contributed by atoms with Crippen LogP contribution in [0.4, 0.5) is 5.69 Å². The molecule has 0 unspecified atom stereocenters. The first-order valence-electron chi connectivity index (χ1n) is 5.41. The van der Waals surface area contributed by atoms with Gasteiger partial charge in [0.25, 0.3) is 0 Å². The number of rotatable bonds is 2. The fourth-order valence-electron chi connectivity index (χ4n) is 1.67. The minimum absolute atomic E-state index is 0.768. The van der Waals surface area contributed by atoms with Crippen LogP contribution < -0.4 is 4.74 Å². The van der Waals surface area contributed by atoms with Gasteiger partial charge in [0.2, 0.25) is 0 Å². The van der Waals surface area contributed by atoms with Gasteiger partial charge in [0.05, 0.1) is 7.11 Å². The highest BCUT2D eigenvalue weighted by atomic mass is 16.5. The molecule has 0 N–H and O–H groups in total. The Kier molecular flexibility index (Phi) is 3.23. The Balaban J connectivity index is 2.39. The maximum absolute atomic E-state index is 5.26. The summed E-state index contributed by atoms with van der Waals surface area (Å²) < 4.78 is 7.20. The van der Waals surface area contributed by atoms with E-state index in [-0.39, 0.29) is 0 Å². The molecule has 88 valence electrons. The number of hydrogen-bond donors (Lipinski definition) is 0. The van der Waals surface area contributed by atoms with Crippen molar-refractivity contribution in [3.63, 3.8) is 0 Å². The molecule has 0 aliphatic carbocycles. The summed E-state index contributed by atoms with van der Waals surface area (Å²) in [7, 11) is 1.64. The standard InChI is InChI=1S/C13H15N3O/c1-10-14-8-9-16(10)11(2)15-12-6-4-5-7-13(12)17-3/h4-9H,1-3H3. The van der Waals surface area contributed by atoms with Gasteiger partial charge in [0.1, 0.15) is 23.1 Å². The number of methoxy groups -OCH3 is 1. The summed E-state index contributed by atoms with van der Waals surface area (Å²) in [6.07, 6.45) is 3.65. The van der Waals surface area contributed by atoms with Crippen LogP contribution in [0.25, 0.3) is 0 Å². The molecule has 0 saturated carbocycles. The molecule has 0 aliphatic heterocycles. The molecule has 0 fully saturated rings. The lowest BCUT2D eigenvalue weighted by Crippen LogP contribution is -2.07. The van der Waals surface area contributed by atoms with Gasteiger partial charge in [0, 0.05) is 12.4 Å². The van der Waals surface area contributed by atoms with Gasteiger partial charge in [-0.15, -0.1) is 0 Å². The van der Waals surface area contributed by atoms with Gasteiger partial charge in [-0.3, -0.25) is 4.57 Å². The highest BCUT2D eigenvalue weighted by molar-refractivity contribution is 5.85. The molecule has 4 nitrogen and oxygen atoms in total. The second-order valence-corrected chi connectivity index (χ2v) is 3.68. The zero-order chi connectivity index (χ0) is 12.3. The minimum atomic E-state index is 0.768. The second kappa shape index (κ2) is 4.82. The van der Waals surface area contributed by atoms with Crippen LogP contribution in [-0.4, -0.2) is 22.5 Å². The number of aromatic nitrogens is 2. The summed E-state index contributed by atoms with van der Waals surface area (Å²) in [5.74, 6) is 2.55. The van der Waals surface area contributed by atoms with E-state index < -0.39 is 0 Å². The summed E-state index contributed by atoms with van der Waals surface area (Å²) in [5, 5.41) is 0. The van der Waals surface area contributed by atoms with E-state index in [0.717, 1.165) is 23.1 Å². The van der Waals surface area contributed by atoms with Gasteiger partial charge in [-0.25, -0.2) is 9.98 Å². The van der Waals surface area contributed by atoms with Crippen LogP contribution in [0.1, 0.15) is 12.7 Å². The Morgan fingerprint density at radius 2 is 2.12 bits per heavy atom. The first-order valence-corrected chi connectivity index (χ1v) is 5.41. The summed E-state index contributed by atoms with van der Waals surface area (Å²) in [6, 6.07) is 7.69. The zero-order valence-electron chi connectivity index (χ0n) is 10.2. The van der Waals surface area contributed by atoms with Gasteiger partial charge in [-0.2, -0.15) is 0 Å².